The average Bonchev–Trinajstić information content (AvgIpc) is 3.06. The van der Waals surface area contributed by atoms with E-state index in [9.17, 15) is 9.59 Å². The molecule has 2 aromatic rings. The lowest BCUT2D eigenvalue weighted by Crippen LogP contribution is -2.38. The van der Waals surface area contributed by atoms with Crippen LogP contribution in [0.5, 0.6) is 0 Å². The third-order valence-electron chi connectivity index (χ3n) is 6.73. The van der Waals surface area contributed by atoms with E-state index in [0.717, 1.165) is 54.1 Å². The lowest BCUT2D eigenvalue weighted by Gasteiger charge is -2.32. The first-order chi connectivity index (χ1) is 15.5. The van der Waals surface area contributed by atoms with Gasteiger partial charge in [-0.15, -0.1) is 0 Å². The fraction of sp³-hybridized carbons (Fsp3) is 0.458. The molecule has 1 saturated carbocycles. The van der Waals surface area contributed by atoms with Crippen molar-refractivity contribution >= 4 is 34.9 Å². The Bertz CT molecular complexity index is 1030. The van der Waals surface area contributed by atoms with Gasteiger partial charge in [0.05, 0.1) is 30.1 Å². The van der Waals surface area contributed by atoms with E-state index in [1.807, 2.05) is 42.2 Å². The number of ether oxygens (including phenoxy) is 2. The molecule has 1 aromatic carbocycles. The van der Waals surface area contributed by atoms with Gasteiger partial charge in [-0.25, -0.2) is 9.78 Å². The molecule has 3 heterocycles. The number of carbonyl (C=O) groups is 2. The van der Waals surface area contributed by atoms with Crippen molar-refractivity contribution in [1.29, 1.82) is 0 Å². The number of benzene rings is 1. The van der Waals surface area contributed by atoms with Gasteiger partial charge in [0.2, 0.25) is 5.91 Å². The van der Waals surface area contributed by atoms with E-state index in [4.69, 9.17) is 9.47 Å². The fourth-order valence-corrected chi connectivity index (χ4v) is 4.90. The molecule has 3 aliphatic rings. The van der Waals surface area contributed by atoms with Crippen LogP contribution in [0.3, 0.4) is 0 Å². The van der Waals surface area contributed by atoms with Gasteiger partial charge in [0.1, 0.15) is 12.4 Å². The number of methoxy groups -OCH3 is 1. The predicted molar refractivity (Wildman–Crippen MR) is 121 cm³/mol. The summed E-state index contributed by atoms with van der Waals surface area (Å²) in [6.07, 6.45) is 5.02. The van der Waals surface area contributed by atoms with Crippen LogP contribution in [0, 0.1) is 5.92 Å². The lowest BCUT2D eigenvalue weighted by atomic mass is 9.86. The zero-order chi connectivity index (χ0) is 22.2. The van der Waals surface area contributed by atoms with Crippen molar-refractivity contribution in [3.05, 3.63) is 42.1 Å². The first kappa shape index (κ1) is 20.8. The number of nitrogens with one attached hydrogen (secondary N) is 1. The summed E-state index contributed by atoms with van der Waals surface area (Å²) in [5.74, 6) is 0.800. The van der Waals surface area contributed by atoms with Crippen LogP contribution in [-0.2, 0) is 20.8 Å². The van der Waals surface area contributed by atoms with Gasteiger partial charge in [0.15, 0.2) is 0 Å². The van der Waals surface area contributed by atoms with Gasteiger partial charge < -0.3 is 19.7 Å². The Labute approximate surface area is 187 Å². The molecule has 5 rings (SSSR count). The Morgan fingerprint density at radius 3 is 2.75 bits per heavy atom. The minimum absolute atomic E-state index is 0.0493. The van der Waals surface area contributed by atoms with E-state index in [-0.39, 0.29) is 30.1 Å². The topological polar surface area (TPSA) is 84.0 Å². The first-order valence-corrected chi connectivity index (χ1v) is 11.2. The van der Waals surface area contributed by atoms with Gasteiger partial charge in [0, 0.05) is 30.5 Å². The van der Waals surface area contributed by atoms with Gasteiger partial charge in [0.25, 0.3) is 0 Å². The molecule has 0 radical (unpaired) electrons. The van der Waals surface area contributed by atoms with Gasteiger partial charge in [-0.3, -0.25) is 9.69 Å². The number of aromatic nitrogens is 1. The van der Waals surface area contributed by atoms with Crippen LogP contribution in [-0.4, -0.2) is 42.8 Å². The van der Waals surface area contributed by atoms with Crippen LogP contribution < -0.4 is 15.1 Å². The van der Waals surface area contributed by atoms with E-state index < -0.39 is 0 Å². The van der Waals surface area contributed by atoms with Crippen LogP contribution in [0.4, 0.5) is 27.7 Å². The second kappa shape index (κ2) is 8.43. The monoisotopic (exact) mass is 436 g/mol. The summed E-state index contributed by atoms with van der Waals surface area (Å²) < 4.78 is 10.7. The highest BCUT2D eigenvalue weighted by Crippen LogP contribution is 2.40. The normalized spacial score (nSPS) is 24.8. The van der Waals surface area contributed by atoms with E-state index >= 15 is 0 Å². The van der Waals surface area contributed by atoms with E-state index in [1.54, 1.807) is 18.2 Å². The highest BCUT2D eigenvalue weighted by molar-refractivity contribution is 6.01. The number of rotatable bonds is 3. The molecule has 1 aliphatic carbocycles. The standard InChI is InChI=1S/C24H28N4O4/c1-15-14-32-24(30)28(15)18-7-10-20-21(12-18)27(13-17-4-3-11-25-22(17)26-20)23(29)16-5-8-19(31-2)9-6-16/h3-4,7,10-12,15-16,19H,5-6,8-9,13-14H2,1-2H3,(H,25,26)/t15-,16?,19?/m0/s1. The molecule has 168 valence electrons. The highest BCUT2D eigenvalue weighted by atomic mass is 16.6. The van der Waals surface area contributed by atoms with Crippen molar-refractivity contribution in [2.24, 2.45) is 5.92 Å². The van der Waals surface area contributed by atoms with E-state index in [0.29, 0.717) is 13.2 Å². The Kier molecular flexibility index (Phi) is 5.46. The SMILES string of the molecule is COC1CCC(C(=O)N2Cc3cccnc3Nc3ccc(N4C(=O)OC[C@@H]4C)cc32)CC1. The molecular formula is C24H28N4O4. The molecule has 32 heavy (non-hydrogen) atoms. The minimum Gasteiger partial charge on any atom is -0.447 e. The molecule has 1 aromatic heterocycles. The number of nitrogens with zero attached hydrogens (tertiary/aromatic N) is 3. The maximum Gasteiger partial charge on any atom is 0.414 e. The van der Waals surface area contributed by atoms with Crippen molar-refractivity contribution in [2.45, 2.75) is 51.3 Å². The summed E-state index contributed by atoms with van der Waals surface area (Å²) in [4.78, 5) is 34.0. The van der Waals surface area contributed by atoms with E-state index in [1.165, 1.54) is 0 Å². The van der Waals surface area contributed by atoms with Gasteiger partial charge in [-0.1, -0.05) is 6.07 Å². The summed E-state index contributed by atoms with van der Waals surface area (Å²) >= 11 is 0. The molecular weight excluding hydrogens is 408 g/mol. The summed E-state index contributed by atoms with van der Waals surface area (Å²) in [5.41, 5.74) is 3.23. The molecule has 2 aliphatic heterocycles. The summed E-state index contributed by atoms with van der Waals surface area (Å²) in [6.45, 7) is 2.73. The number of carbonyl (C=O) groups excluding carboxylic acids is 2. The molecule has 2 amide bonds. The summed E-state index contributed by atoms with van der Waals surface area (Å²) in [7, 11) is 1.74. The van der Waals surface area contributed by atoms with Crippen LogP contribution in [0.15, 0.2) is 36.5 Å². The number of cyclic esters (lactones) is 1. The van der Waals surface area contributed by atoms with Crippen molar-refractivity contribution in [2.75, 3.05) is 28.8 Å². The van der Waals surface area contributed by atoms with Gasteiger partial charge in [-0.05, 0) is 56.9 Å². The molecule has 8 nitrogen and oxygen atoms in total. The Morgan fingerprint density at radius 1 is 1.22 bits per heavy atom. The van der Waals surface area contributed by atoms with Crippen LogP contribution >= 0.6 is 0 Å². The fourth-order valence-electron chi connectivity index (χ4n) is 4.90. The largest absolute Gasteiger partial charge is 0.447 e. The first-order valence-electron chi connectivity index (χ1n) is 11.2. The number of anilines is 4. The second-order valence-corrected chi connectivity index (χ2v) is 8.77. The highest BCUT2D eigenvalue weighted by Gasteiger charge is 2.35. The number of pyridine rings is 1. The third kappa shape index (κ3) is 3.68. The molecule has 8 heteroatoms. The zero-order valence-electron chi connectivity index (χ0n) is 18.4. The Morgan fingerprint density at radius 2 is 2.03 bits per heavy atom. The summed E-state index contributed by atoms with van der Waals surface area (Å²) in [6, 6.07) is 9.52. The molecule has 0 spiro atoms. The van der Waals surface area contributed by atoms with E-state index in [2.05, 4.69) is 10.3 Å². The number of amides is 2. The number of hydrogen-bond donors (Lipinski definition) is 1. The predicted octanol–water partition coefficient (Wildman–Crippen LogP) is 4.22. The number of fused-ring (bicyclic) bond motifs is 2. The van der Waals surface area contributed by atoms with Crippen LogP contribution in [0.2, 0.25) is 0 Å². The van der Waals surface area contributed by atoms with Gasteiger partial charge in [-0.2, -0.15) is 0 Å². The average molecular weight is 437 g/mol. The van der Waals surface area contributed by atoms with Gasteiger partial charge >= 0.3 is 6.09 Å². The molecule has 1 atom stereocenters. The molecule has 2 fully saturated rings. The molecule has 1 saturated heterocycles. The van der Waals surface area contributed by atoms with Crippen molar-refractivity contribution in [3.8, 4) is 0 Å². The lowest BCUT2D eigenvalue weighted by molar-refractivity contribution is -0.124. The van der Waals surface area contributed by atoms with Crippen molar-refractivity contribution in [3.63, 3.8) is 0 Å². The minimum atomic E-state index is -0.361. The van der Waals surface area contributed by atoms with Crippen LogP contribution in [0.1, 0.15) is 38.2 Å². The second-order valence-electron chi connectivity index (χ2n) is 8.77. The van der Waals surface area contributed by atoms with Crippen molar-refractivity contribution in [1.82, 2.24) is 4.98 Å². The molecule has 0 unspecified atom stereocenters. The summed E-state index contributed by atoms with van der Waals surface area (Å²) in [5, 5.41) is 3.39. The maximum absolute atomic E-state index is 13.8. The third-order valence-corrected chi connectivity index (χ3v) is 6.73. The Balaban J connectivity index is 1.53. The van der Waals surface area contributed by atoms with Crippen molar-refractivity contribution < 1.29 is 19.1 Å². The number of hydrogen-bond acceptors (Lipinski definition) is 6. The molecule has 1 N–H and O–H groups in total. The quantitative estimate of drug-likeness (QED) is 0.776. The Hall–Kier alpha value is -3.13. The maximum atomic E-state index is 13.8. The zero-order valence-corrected chi connectivity index (χ0v) is 18.4. The smallest absolute Gasteiger partial charge is 0.414 e. The molecule has 0 bridgehead atoms. The van der Waals surface area contributed by atoms with Crippen LogP contribution in [0.25, 0.3) is 0 Å².